The SMILES string of the molecule is C=C(C(=O)OCC)c1ccc2c(c1)-c1cc(Cl)ccc1-2. The molecule has 2 nitrogen and oxygen atoms in total. The van der Waals surface area contributed by atoms with E-state index in [4.69, 9.17) is 16.3 Å². The second-order valence-electron chi connectivity index (χ2n) is 4.65. The number of carbonyl (C=O) groups excluding carboxylic acids is 1. The van der Waals surface area contributed by atoms with Crippen molar-refractivity contribution in [3.8, 4) is 22.3 Å². The Hall–Kier alpha value is -2.06. The zero-order valence-corrected chi connectivity index (χ0v) is 11.8. The Labute approximate surface area is 122 Å². The summed E-state index contributed by atoms with van der Waals surface area (Å²) in [4.78, 5) is 11.7. The molecule has 1 aliphatic rings. The highest BCUT2D eigenvalue weighted by Crippen LogP contribution is 2.48. The Balaban J connectivity index is 1.96. The predicted octanol–water partition coefficient (Wildman–Crippen LogP) is 4.56. The zero-order chi connectivity index (χ0) is 14.3. The van der Waals surface area contributed by atoms with Crippen LogP contribution in [0.4, 0.5) is 0 Å². The summed E-state index contributed by atoms with van der Waals surface area (Å²) in [5.41, 5.74) is 5.75. The largest absolute Gasteiger partial charge is 0.462 e. The monoisotopic (exact) mass is 284 g/mol. The lowest BCUT2D eigenvalue weighted by molar-refractivity contribution is -0.136. The van der Waals surface area contributed by atoms with Crippen LogP contribution in [0.2, 0.25) is 5.02 Å². The van der Waals surface area contributed by atoms with E-state index in [2.05, 4.69) is 6.58 Å². The maximum atomic E-state index is 11.7. The van der Waals surface area contributed by atoms with E-state index < -0.39 is 0 Å². The van der Waals surface area contributed by atoms with Gasteiger partial charge in [-0.3, -0.25) is 0 Å². The van der Waals surface area contributed by atoms with E-state index in [1.165, 1.54) is 11.1 Å². The molecular formula is C17H13ClO2. The molecule has 2 aromatic carbocycles. The first kappa shape index (κ1) is 12.9. The molecule has 0 saturated carbocycles. The number of fused-ring (bicyclic) bond motifs is 4. The molecule has 0 spiro atoms. The first-order valence-electron chi connectivity index (χ1n) is 6.42. The minimum Gasteiger partial charge on any atom is -0.462 e. The van der Waals surface area contributed by atoms with E-state index >= 15 is 0 Å². The normalized spacial score (nSPS) is 11.1. The van der Waals surface area contributed by atoms with Gasteiger partial charge < -0.3 is 4.74 Å². The van der Waals surface area contributed by atoms with Crippen LogP contribution in [0, 0.1) is 0 Å². The Morgan fingerprint density at radius 2 is 1.75 bits per heavy atom. The van der Waals surface area contributed by atoms with Crippen LogP contribution >= 0.6 is 11.6 Å². The summed E-state index contributed by atoms with van der Waals surface area (Å²) in [6.45, 7) is 5.94. The third-order valence-electron chi connectivity index (χ3n) is 3.45. The van der Waals surface area contributed by atoms with Gasteiger partial charge in [0.15, 0.2) is 0 Å². The third kappa shape index (κ3) is 1.93. The molecule has 0 bridgehead atoms. The Morgan fingerprint density at radius 1 is 1.10 bits per heavy atom. The van der Waals surface area contributed by atoms with E-state index in [-0.39, 0.29) is 5.97 Å². The molecule has 0 fully saturated rings. The van der Waals surface area contributed by atoms with E-state index in [0.29, 0.717) is 17.2 Å². The molecule has 3 rings (SSSR count). The van der Waals surface area contributed by atoms with Crippen LogP contribution in [0.15, 0.2) is 43.0 Å². The lowest BCUT2D eigenvalue weighted by atomic mass is 9.79. The van der Waals surface area contributed by atoms with E-state index in [0.717, 1.165) is 16.7 Å². The fraction of sp³-hybridized carbons (Fsp3) is 0.118. The highest BCUT2D eigenvalue weighted by Gasteiger charge is 2.23. The number of esters is 1. The predicted molar refractivity (Wildman–Crippen MR) is 81.5 cm³/mol. The lowest BCUT2D eigenvalue weighted by Crippen LogP contribution is -2.07. The molecule has 1 aliphatic carbocycles. The average Bonchev–Trinajstić information content (AvgIpc) is 2.44. The van der Waals surface area contributed by atoms with Gasteiger partial charge in [-0.1, -0.05) is 36.4 Å². The Kier molecular flexibility index (Phi) is 3.11. The molecule has 0 heterocycles. The number of halogens is 1. The van der Waals surface area contributed by atoms with Gasteiger partial charge in [-0.25, -0.2) is 4.79 Å². The molecule has 2 aromatic rings. The molecule has 0 saturated heterocycles. The molecule has 0 N–H and O–H groups in total. The fourth-order valence-corrected chi connectivity index (χ4v) is 2.61. The van der Waals surface area contributed by atoms with Crippen molar-refractivity contribution in [3.63, 3.8) is 0 Å². The topological polar surface area (TPSA) is 26.3 Å². The van der Waals surface area contributed by atoms with Crippen molar-refractivity contribution in [2.75, 3.05) is 6.61 Å². The second kappa shape index (κ2) is 4.80. The van der Waals surface area contributed by atoms with E-state index in [1.807, 2.05) is 36.4 Å². The van der Waals surface area contributed by atoms with Gasteiger partial charge >= 0.3 is 5.97 Å². The van der Waals surface area contributed by atoms with E-state index in [9.17, 15) is 4.79 Å². The van der Waals surface area contributed by atoms with Crippen molar-refractivity contribution in [2.45, 2.75) is 6.92 Å². The quantitative estimate of drug-likeness (QED) is 0.520. The fourth-order valence-electron chi connectivity index (χ4n) is 2.44. The molecule has 100 valence electrons. The van der Waals surface area contributed by atoms with Crippen LogP contribution in [0.25, 0.3) is 27.8 Å². The molecule has 3 heteroatoms. The first-order chi connectivity index (χ1) is 9.61. The summed E-state index contributed by atoms with van der Waals surface area (Å²) in [7, 11) is 0. The summed E-state index contributed by atoms with van der Waals surface area (Å²) < 4.78 is 4.98. The molecule has 0 aromatic heterocycles. The van der Waals surface area contributed by atoms with Gasteiger partial charge in [0, 0.05) is 5.02 Å². The second-order valence-corrected chi connectivity index (χ2v) is 5.09. The van der Waals surface area contributed by atoms with Gasteiger partial charge in [-0.2, -0.15) is 0 Å². The van der Waals surface area contributed by atoms with Gasteiger partial charge in [0.2, 0.25) is 0 Å². The zero-order valence-electron chi connectivity index (χ0n) is 11.1. The maximum Gasteiger partial charge on any atom is 0.338 e. The van der Waals surface area contributed by atoms with Gasteiger partial charge in [0.05, 0.1) is 12.2 Å². The molecule has 0 amide bonds. The van der Waals surface area contributed by atoms with Crippen molar-refractivity contribution in [3.05, 3.63) is 53.6 Å². The van der Waals surface area contributed by atoms with Crippen molar-refractivity contribution >= 4 is 23.1 Å². The highest BCUT2D eigenvalue weighted by molar-refractivity contribution is 6.31. The van der Waals surface area contributed by atoms with Crippen LogP contribution in [-0.4, -0.2) is 12.6 Å². The summed E-state index contributed by atoms with van der Waals surface area (Å²) in [6, 6.07) is 11.7. The van der Waals surface area contributed by atoms with E-state index in [1.54, 1.807) is 6.92 Å². The van der Waals surface area contributed by atoms with Crippen LogP contribution in [0.5, 0.6) is 0 Å². The van der Waals surface area contributed by atoms with Crippen LogP contribution in [0.1, 0.15) is 12.5 Å². The summed E-state index contributed by atoms with van der Waals surface area (Å²) in [6.07, 6.45) is 0. The minimum atomic E-state index is -0.377. The van der Waals surface area contributed by atoms with Crippen molar-refractivity contribution in [1.82, 2.24) is 0 Å². The smallest absolute Gasteiger partial charge is 0.338 e. The average molecular weight is 285 g/mol. The van der Waals surface area contributed by atoms with Crippen LogP contribution in [0.3, 0.4) is 0 Å². The summed E-state index contributed by atoms with van der Waals surface area (Å²) in [5.74, 6) is -0.377. The summed E-state index contributed by atoms with van der Waals surface area (Å²) >= 11 is 6.02. The van der Waals surface area contributed by atoms with Crippen LogP contribution < -0.4 is 0 Å². The minimum absolute atomic E-state index is 0.348. The van der Waals surface area contributed by atoms with Gasteiger partial charge in [0.25, 0.3) is 0 Å². The molecule has 0 radical (unpaired) electrons. The number of benzene rings is 2. The van der Waals surface area contributed by atoms with Gasteiger partial charge in [-0.05, 0) is 52.9 Å². The number of carbonyl (C=O) groups is 1. The maximum absolute atomic E-state index is 11.7. The molecular weight excluding hydrogens is 272 g/mol. The van der Waals surface area contributed by atoms with Gasteiger partial charge in [0.1, 0.15) is 0 Å². The Bertz CT molecular complexity index is 732. The summed E-state index contributed by atoms with van der Waals surface area (Å²) in [5, 5.41) is 0.712. The number of hydrogen-bond acceptors (Lipinski definition) is 2. The third-order valence-corrected chi connectivity index (χ3v) is 3.69. The molecule has 0 atom stereocenters. The standard InChI is InChI=1S/C17H13ClO2/c1-3-20-17(19)10(2)11-4-6-13-14-7-5-12(18)9-16(14)15(13)8-11/h4-9H,2-3H2,1H3. The lowest BCUT2D eigenvalue weighted by Gasteiger charge is -2.25. The first-order valence-corrected chi connectivity index (χ1v) is 6.80. The van der Waals surface area contributed by atoms with Crippen LogP contribution in [-0.2, 0) is 9.53 Å². The van der Waals surface area contributed by atoms with Crippen molar-refractivity contribution in [2.24, 2.45) is 0 Å². The van der Waals surface area contributed by atoms with Crippen molar-refractivity contribution < 1.29 is 9.53 Å². The molecule has 20 heavy (non-hydrogen) atoms. The van der Waals surface area contributed by atoms with Gasteiger partial charge in [-0.15, -0.1) is 0 Å². The number of ether oxygens (including phenoxy) is 1. The highest BCUT2D eigenvalue weighted by atomic mass is 35.5. The Morgan fingerprint density at radius 3 is 2.45 bits per heavy atom. The van der Waals surface area contributed by atoms with Crippen molar-refractivity contribution in [1.29, 1.82) is 0 Å². The molecule has 0 unspecified atom stereocenters. The number of hydrogen-bond donors (Lipinski definition) is 0. The molecule has 0 aliphatic heterocycles. The number of rotatable bonds is 3.